The molecule has 0 fully saturated rings. The number of amides is 1. The topological polar surface area (TPSA) is 123 Å². The lowest BCUT2D eigenvalue weighted by Crippen LogP contribution is -2.33. The number of rotatable bonds is 3. The van der Waals surface area contributed by atoms with Gasteiger partial charge in [-0.15, -0.1) is 0 Å². The Morgan fingerprint density at radius 2 is 2.00 bits per heavy atom. The van der Waals surface area contributed by atoms with Crippen molar-refractivity contribution in [3.05, 3.63) is 51.8 Å². The zero-order valence-corrected chi connectivity index (χ0v) is 17.7. The lowest BCUT2D eigenvalue weighted by molar-refractivity contribution is 0.102. The Balaban J connectivity index is 0.000000431. The number of carbonyl (C=O) groups excluding carboxylic acids is 1. The Morgan fingerprint density at radius 3 is 2.62 bits per heavy atom. The highest BCUT2D eigenvalue weighted by atomic mass is 32.3. The first-order valence-corrected chi connectivity index (χ1v) is 11.3. The molecule has 0 spiro atoms. The van der Waals surface area contributed by atoms with Crippen LogP contribution in [0.3, 0.4) is 0 Å². The van der Waals surface area contributed by atoms with E-state index in [1.54, 1.807) is 11.3 Å². The summed E-state index contributed by atoms with van der Waals surface area (Å²) in [6.07, 6.45) is 3.29. The number of nitrogens with one attached hydrogen (secondary N) is 2. The molecule has 0 aliphatic heterocycles. The summed E-state index contributed by atoms with van der Waals surface area (Å²) in [5.74, 6) is -0.0507. The van der Waals surface area contributed by atoms with Crippen LogP contribution in [0.4, 0.5) is 5.69 Å². The molecular weight excluding hydrogens is 414 g/mol. The van der Waals surface area contributed by atoms with E-state index in [9.17, 15) is 4.79 Å². The van der Waals surface area contributed by atoms with Gasteiger partial charge in [-0.05, 0) is 68.6 Å². The van der Waals surface area contributed by atoms with Crippen LogP contribution in [0.5, 0.6) is 0 Å². The third kappa shape index (κ3) is 5.64. The van der Waals surface area contributed by atoms with E-state index in [1.165, 1.54) is 23.1 Å². The quantitative estimate of drug-likeness (QED) is 0.467. The van der Waals surface area contributed by atoms with Gasteiger partial charge >= 0.3 is 10.4 Å². The molecule has 1 amide bonds. The third-order valence-electron chi connectivity index (χ3n) is 4.93. The van der Waals surface area contributed by atoms with Crippen molar-refractivity contribution in [1.82, 2.24) is 9.88 Å². The first kappa shape index (κ1) is 21.5. The van der Waals surface area contributed by atoms with Crippen molar-refractivity contribution in [2.75, 3.05) is 19.4 Å². The summed E-state index contributed by atoms with van der Waals surface area (Å²) in [5.41, 5.74) is 5.40. The van der Waals surface area contributed by atoms with Crippen LogP contribution in [0, 0.1) is 0 Å². The molecule has 0 bridgehead atoms. The number of hydrogen-bond acceptors (Lipinski definition) is 5. The average molecular weight is 438 g/mol. The van der Waals surface area contributed by atoms with Crippen LogP contribution in [0.2, 0.25) is 0 Å². The number of H-pyrrole nitrogens is 1. The van der Waals surface area contributed by atoms with Crippen molar-refractivity contribution in [3.8, 4) is 0 Å². The number of likely N-dealkylation sites (N-methyl/N-ethyl adjacent to an activating group) is 1. The predicted octanol–water partition coefficient (Wildman–Crippen LogP) is 3.25. The predicted molar refractivity (Wildman–Crippen MR) is 114 cm³/mol. The second kappa shape index (κ2) is 8.64. The minimum Gasteiger partial charge on any atom is -0.358 e. The number of anilines is 1. The summed E-state index contributed by atoms with van der Waals surface area (Å²) in [7, 11) is -0.380. The molecule has 2 heterocycles. The van der Waals surface area contributed by atoms with Crippen LogP contribution in [-0.4, -0.2) is 53.5 Å². The normalized spacial score (nSPS) is 16.2. The molecule has 1 aliphatic rings. The number of thiophene rings is 1. The van der Waals surface area contributed by atoms with Gasteiger partial charge in [-0.25, -0.2) is 0 Å². The molecule has 1 unspecified atom stereocenters. The van der Waals surface area contributed by atoms with Crippen molar-refractivity contribution in [2.24, 2.45) is 0 Å². The number of carbonyl (C=O) groups is 1. The largest absolute Gasteiger partial charge is 0.394 e. The third-order valence-corrected chi connectivity index (χ3v) is 5.62. The molecule has 2 aromatic heterocycles. The van der Waals surface area contributed by atoms with Crippen molar-refractivity contribution in [1.29, 1.82) is 0 Å². The minimum absolute atomic E-state index is 0.0507. The van der Waals surface area contributed by atoms with Gasteiger partial charge < -0.3 is 15.2 Å². The van der Waals surface area contributed by atoms with E-state index >= 15 is 0 Å². The molecule has 1 aromatic carbocycles. The van der Waals surface area contributed by atoms with Gasteiger partial charge in [0.25, 0.3) is 5.91 Å². The van der Waals surface area contributed by atoms with Gasteiger partial charge in [-0.2, -0.15) is 19.8 Å². The van der Waals surface area contributed by atoms with Crippen molar-refractivity contribution in [3.63, 3.8) is 0 Å². The summed E-state index contributed by atoms with van der Waals surface area (Å²) < 4.78 is 31.6. The SMILES string of the molecule is CN(C)C1CCc2[nH]c3ccc(C(=O)Nc4ccsc4)cc3c2C1.O=S(=O)(O)O. The fourth-order valence-electron chi connectivity index (χ4n) is 3.52. The monoisotopic (exact) mass is 437 g/mol. The second-order valence-corrected chi connectivity index (χ2v) is 8.79. The number of fused-ring (bicyclic) bond motifs is 3. The van der Waals surface area contributed by atoms with Gasteiger partial charge in [0.1, 0.15) is 0 Å². The average Bonchev–Trinajstić information content (AvgIpc) is 3.26. The Labute approximate surface area is 173 Å². The maximum absolute atomic E-state index is 12.5. The van der Waals surface area contributed by atoms with E-state index in [-0.39, 0.29) is 5.91 Å². The summed E-state index contributed by atoms with van der Waals surface area (Å²) in [6.45, 7) is 0. The lowest BCUT2D eigenvalue weighted by atomic mass is 9.90. The molecular formula is C19H23N3O5S2. The summed E-state index contributed by atoms with van der Waals surface area (Å²) >= 11 is 1.58. The van der Waals surface area contributed by atoms with Gasteiger partial charge in [-0.3, -0.25) is 13.9 Å². The first-order chi connectivity index (χ1) is 13.6. The highest BCUT2D eigenvalue weighted by Gasteiger charge is 2.24. The number of aromatic amines is 1. The molecule has 0 saturated carbocycles. The molecule has 4 rings (SSSR count). The van der Waals surface area contributed by atoms with Gasteiger partial charge in [-0.1, -0.05) is 0 Å². The second-order valence-electron chi connectivity index (χ2n) is 7.12. The lowest BCUT2D eigenvalue weighted by Gasteiger charge is -2.28. The number of hydrogen-bond donors (Lipinski definition) is 4. The molecule has 1 aliphatic carbocycles. The molecule has 4 N–H and O–H groups in total. The van der Waals surface area contributed by atoms with E-state index in [0.29, 0.717) is 11.6 Å². The van der Waals surface area contributed by atoms with Gasteiger partial charge in [0.05, 0.1) is 5.69 Å². The first-order valence-electron chi connectivity index (χ1n) is 8.95. The zero-order valence-electron chi connectivity index (χ0n) is 16.0. The Morgan fingerprint density at radius 1 is 1.28 bits per heavy atom. The number of nitrogens with zero attached hydrogens (tertiary/aromatic N) is 1. The number of aryl methyl sites for hydroxylation is 1. The van der Waals surface area contributed by atoms with E-state index in [1.807, 2.05) is 35.0 Å². The van der Waals surface area contributed by atoms with E-state index in [0.717, 1.165) is 24.0 Å². The van der Waals surface area contributed by atoms with Crippen molar-refractivity contribution < 1.29 is 22.3 Å². The molecule has 156 valence electrons. The van der Waals surface area contributed by atoms with Crippen molar-refractivity contribution >= 4 is 44.2 Å². The van der Waals surface area contributed by atoms with Crippen LogP contribution in [0.15, 0.2) is 35.0 Å². The van der Waals surface area contributed by atoms with Crippen LogP contribution < -0.4 is 5.32 Å². The zero-order chi connectivity index (χ0) is 21.2. The van der Waals surface area contributed by atoms with Crippen LogP contribution in [0.1, 0.15) is 28.0 Å². The maximum Gasteiger partial charge on any atom is 0.394 e. The van der Waals surface area contributed by atoms with Crippen molar-refractivity contribution in [2.45, 2.75) is 25.3 Å². The molecule has 29 heavy (non-hydrogen) atoms. The number of benzene rings is 1. The minimum atomic E-state index is -4.67. The standard InChI is InChI=1S/C19H21N3OS.H2O4S/c1-22(2)14-4-6-18-16(10-14)15-9-12(3-5-17(15)21-18)19(23)20-13-7-8-24-11-13;1-5(2,3)4/h3,5,7-9,11,14,21H,4,6,10H2,1-2H3,(H,20,23);(H2,1,2,3,4). The van der Waals surface area contributed by atoms with E-state index in [2.05, 4.69) is 29.3 Å². The highest BCUT2D eigenvalue weighted by Crippen LogP contribution is 2.31. The molecule has 10 heteroatoms. The van der Waals surface area contributed by atoms with Crippen LogP contribution >= 0.6 is 11.3 Å². The fourth-order valence-corrected chi connectivity index (χ4v) is 4.11. The molecule has 8 nitrogen and oxygen atoms in total. The summed E-state index contributed by atoms with van der Waals surface area (Å²) in [5, 5.41) is 8.05. The Hall–Kier alpha value is -2.24. The van der Waals surface area contributed by atoms with E-state index in [4.69, 9.17) is 17.5 Å². The molecule has 1 atom stereocenters. The number of aromatic nitrogens is 1. The molecule has 0 saturated heterocycles. The van der Waals surface area contributed by atoms with Gasteiger partial charge in [0, 0.05) is 33.6 Å². The van der Waals surface area contributed by atoms with Gasteiger partial charge in [0.15, 0.2) is 0 Å². The summed E-state index contributed by atoms with van der Waals surface area (Å²) in [4.78, 5) is 18.3. The fraction of sp³-hybridized carbons (Fsp3) is 0.316. The smallest absolute Gasteiger partial charge is 0.358 e. The Bertz CT molecular complexity index is 1100. The maximum atomic E-state index is 12.5. The molecule has 0 radical (unpaired) electrons. The summed E-state index contributed by atoms with van der Waals surface area (Å²) in [6, 6.07) is 8.45. The Kier molecular flexibility index (Phi) is 6.39. The van der Waals surface area contributed by atoms with Crippen LogP contribution in [0.25, 0.3) is 10.9 Å². The van der Waals surface area contributed by atoms with Gasteiger partial charge in [0.2, 0.25) is 0 Å². The highest BCUT2D eigenvalue weighted by molar-refractivity contribution is 7.79. The van der Waals surface area contributed by atoms with Crippen LogP contribution in [-0.2, 0) is 23.2 Å². The molecule has 3 aromatic rings. The van der Waals surface area contributed by atoms with E-state index < -0.39 is 10.4 Å².